The van der Waals surface area contributed by atoms with E-state index in [4.69, 9.17) is 4.74 Å². The van der Waals surface area contributed by atoms with Crippen molar-refractivity contribution in [1.29, 1.82) is 0 Å². The Balaban J connectivity index is 1.76. The largest absolute Gasteiger partial charge is 0.497 e. The van der Waals surface area contributed by atoms with Gasteiger partial charge in [-0.2, -0.15) is 17.6 Å². The molecule has 1 N–H and O–H groups in total. The SMILES string of the molecule is COc1cc(F)c([C@@H]2CN(c3c(C)ccn(C(F)F)c3=O)C(=O)C2NC(=O)c2ccc(OC(F)F)cc2)c(F)c1. The maximum atomic E-state index is 15.1. The molecule has 0 aliphatic carbocycles. The molecule has 2 aromatic carbocycles. The molecular formula is C26H21F6N3O5. The summed E-state index contributed by atoms with van der Waals surface area (Å²) in [6, 6.07) is 5.64. The number of pyridine rings is 1. The van der Waals surface area contributed by atoms with Crippen LogP contribution in [0.3, 0.4) is 0 Å². The number of ether oxygens (including phenoxy) is 2. The first-order chi connectivity index (χ1) is 18.9. The Labute approximate surface area is 222 Å². The van der Waals surface area contributed by atoms with E-state index in [9.17, 15) is 31.9 Å². The highest BCUT2D eigenvalue weighted by atomic mass is 19.3. The lowest BCUT2D eigenvalue weighted by Gasteiger charge is -2.20. The summed E-state index contributed by atoms with van der Waals surface area (Å²) < 4.78 is 91.1. The van der Waals surface area contributed by atoms with Gasteiger partial charge in [-0.15, -0.1) is 0 Å². The Morgan fingerprint density at radius 1 is 1.00 bits per heavy atom. The zero-order valence-electron chi connectivity index (χ0n) is 20.8. The van der Waals surface area contributed by atoms with Gasteiger partial charge in [0.15, 0.2) is 0 Å². The highest BCUT2D eigenvalue weighted by Crippen LogP contribution is 2.36. The van der Waals surface area contributed by atoms with E-state index in [1.165, 1.54) is 20.1 Å². The topological polar surface area (TPSA) is 89.9 Å². The summed E-state index contributed by atoms with van der Waals surface area (Å²) in [5.74, 6) is -5.95. The van der Waals surface area contributed by atoms with Crippen LogP contribution >= 0.6 is 0 Å². The van der Waals surface area contributed by atoms with Gasteiger partial charge >= 0.3 is 13.2 Å². The smallest absolute Gasteiger partial charge is 0.387 e. The van der Waals surface area contributed by atoms with Crippen molar-refractivity contribution in [1.82, 2.24) is 9.88 Å². The zero-order valence-corrected chi connectivity index (χ0v) is 20.8. The number of hydrogen-bond acceptors (Lipinski definition) is 5. The second-order valence-corrected chi connectivity index (χ2v) is 8.75. The van der Waals surface area contributed by atoms with Gasteiger partial charge in [0.2, 0.25) is 5.91 Å². The quantitative estimate of drug-likeness (QED) is 0.407. The van der Waals surface area contributed by atoms with Crippen molar-refractivity contribution >= 4 is 17.5 Å². The van der Waals surface area contributed by atoms with E-state index >= 15 is 8.78 Å². The number of carbonyl (C=O) groups is 2. The first-order valence-electron chi connectivity index (χ1n) is 11.6. The van der Waals surface area contributed by atoms with Crippen molar-refractivity contribution in [3.63, 3.8) is 0 Å². The molecule has 2 amide bonds. The molecule has 1 aliphatic heterocycles. The van der Waals surface area contributed by atoms with Crippen LogP contribution in [0.2, 0.25) is 0 Å². The highest BCUT2D eigenvalue weighted by Gasteiger charge is 2.46. The van der Waals surface area contributed by atoms with Crippen molar-refractivity contribution in [2.75, 3.05) is 18.6 Å². The van der Waals surface area contributed by atoms with Gasteiger partial charge in [0.1, 0.15) is 34.9 Å². The van der Waals surface area contributed by atoms with E-state index in [1.54, 1.807) is 0 Å². The molecule has 1 fully saturated rings. The molecule has 212 valence electrons. The molecule has 1 aliphatic rings. The molecule has 1 unspecified atom stereocenters. The van der Waals surface area contributed by atoms with Crippen molar-refractivity contribution < 1.29 is 45.4 Å². The van der Waals surface area contributed by atoms with Crippen LogP contribution in [0.4, 0.5) is 32.0 Å². The Bertz CT molecular complexity index is 1470. The Kier molecular flexibility index (Phi) is 8.07. The number of carbonyl (C=O) groups excluding carboxylic acids is 2. The minimum atomic E-state index is -3.23. The van der Waals surface area contributed by atoms with Crippen LogP contribution in [-0.2, 0) is 4.79 Å². The van der Waals surface area contributed by atoms with Crippen LogP contribution < -0.4 is 25.2 Å². The molecule has 0 bridgehead atoms. The molecule has 4 rings (SSSR count). The van der Waals surface area contributed by atoms with Crippen molar-refractivity contribution in [3.8, 4) is 11.5 Å². The molecule has 14 heteroatoms. The highest BCUT2D eigenvalue weighted by molar-refractivity contribution is 6.05. The number of rotatable bonds is 8. The number of alkyl halides is 4. The number of halogens is 6. The molecule has 3 aromatic rings. The average molecular weight is 569 g/mol. The molecule has 0 radical (unpaired) electrons. The van der Waals surface area contributed by atoms with Gasteiger partial charge in [-0.3, -0.25) is 19.0 Å². The van der Waals surface area contributed by atoms with Gasteiger partial charge in [0.25, 0.3) is 11.5 Å². The standard InChI is InChI=1S/C26H21F6N3O5/c1-12-7-8-34(25(29)30)24(38)21(12)35-11-16(19-17(27)9-15(39-2)10-18(19)28)20(23(35)37)33-22(36)13-3-5-14(6-4-13)40-26(31)32/h3-10,16,20,25-26H,11H2,1-2H3,(H,33,36)/t16-,20?/m0/s1. The summed E-state index contributed by atoms with van der Waals surface area (Å²) in [5.41, 5.74) is -2.26. The van der Waals surface area contributed by atoms with E-state index in [0.29, 0.717) is 0 Å². The van der Waals surface area contributed by atoms with Gasteiger partial charge in [-0.25, -0.2) is 8.78 Å². The van der Waals surface area contributed by atoms with E-state index in [0.717, 1.165) is 47.5 Å². The molecule has 0 spiro atoms. The molecule has 1 saturated heterocycles. The monoisotopic (exact) mass is 569 g/mol. The third-order valence-corrected chi connectivity index (χ3v) is 6.38. The van der Waals surface area contributed by atoms with Crippen LogP contribution in [-0.4, -0.2) is 42.7 Å². The number of amides is 2. The Hall–Kier alpha value is -4.49. The lowest BCUT2D eigenvalue weighted by molar-refractivity contribution is -0.118. The average Bonchev–Trinajstić information content (AvgIpc) is 3.18. The Morgan fingerprint density at radius 2 is 1.62 bits per heavy atom. The number of aryl methyl sites for hydroxylation is 1. The fourth-order valence-electron chi connectivity index (χ4n) is 4.51. The molecular weight excluding hydrogens is 548 g/mol. The first kappa shape index (κ1) is 28.5. The number of methoxy groups -OCH3 is 1. The van der Waals surface area contributed by atoms with Gasteiger partial charge in [-0.1, -0.05) is 0 Å². The maximum absolute atomic E-state index is 15.1. The van der Waals surface area contributed by atoms with Crippen molar-refractivity contribution in [3.05, 3.63) is 87.3 Å². The summed E-state index contributed by atoms with van der Waals surface area (Å²) in [6.07, 6.45) is 0.841. The third-order valence-electron chi connectivity index (χ3n) is 6.38. The molecule has 2 atom stereocenters. The summed E-state index contributed by atoms with van der Waals surface area (Å²) in [7, 11) is 1.18. The predicted molar refractivity (Wildman–Crippen MR) is 129 cm³/mol. The van der Waals surface area contributed by atoms with Crippen molar-refractivity contribution in [2.24, 2.45) is 0 Å². The first-order valence-corrected chi connectivity index (χ1v) is 11.6. The minimum Gasteiger partial charge on any atom is -0.497 e. The summed E-state index contributed by atoms with van der Waals surface area (Å²) in [6.45, 7) is -5.50. The van der Waals surface area contributed by atoms with E-state index in [2.05, 4.69) is 10.1 Å². The second-order valence-electron chi connectivity index (χ2n) is 8.75. The second kappa shape index (κ2) is 11.3. The molecule has 8 nitrogen and oxygen atoms in total. The molecule has 0 saturated carbocycles. The minimum absolute atomic E-state index is 0.0914. The van der Waals surface area contributed by atoms with Gasteiger partial charge in [0.05, 0.1) is 7.11 Å². The fraction of sp³-hybridized carbons (Fsp3) is 0.269. The van der Waals surface area contributed by atoms with Crippen LogP contribution in [0.15, 0.2) is 53.5 Å². The van der Waals surface area contributed by atoms with E-state index < -0.39 is 71.9 Å². The van der Waals surface area contributed by atoms with Gasteiger partial charge in [-0.05, 0) is 42.8 Å². The number of hydrogen-bond donors (Lipinski definition) is 1. The molecule has 40 heavy (non-hydrogen) atoms. The van der Waals surface area contributed by atoms with Gasteiger partial charge < -0.3 is 19.7 Å². The number of nitrogens with zero attached hydrogens (tertiary/aromatic N) is 2. The lowest BCUT2D eigenvalue weighted by Crippen LogP contribution is -2.45. The number of nitrogens with one attached hydrogen (secondary N) is 1. The maximum Gasteiger partial charge on any atom is 0.387 e. The number of aromatic nitrogens is 1. The van der Waals surface area contributed by atoms with E-state index in [1.807, 2.05) is 0 Å². The summed E-state index contributed by atoms with van der Waals surface area (Å²) in [4.78, 5) is 40.2. The predicted octanol–water partition coefficient (Wildman–Crippen LogP) is 4.37. The zero-order chi connectivity index (χ0) is 29.3. The molecule has 2 heterocycles. The summed E-state index contributed by atoms with van der Waals surface area (Å²) >= 11 is 0. The van der Waals surface area contributed by atoms with E-state index in [-0.39, 0.29) is 27.2 Å². The van der Waals surface area contributed by atoms with Crippen LogP contribution in [0, 0.1) is 18.6 Å². The van der Waals surface area contributed by atoms with Crippen LogP contribution in [0.5, 0.6) is 11.5 Å². The summed E-state index contributed by atoms with van der Waals surface area (Å²) in [5, 5.41) is 2.37. The van der Waals surface area contributed by atoms with Gasteiger partial charge in [0, 0.05) is 41.9 Å². The Morgan fingerprint density at radius 3 is 2.17 bits per heavy atom. The normalized spacial score (nSPS) is 17.1. The van der Waals surface area contributed by atoms with Crippen LogP contribution in [0.1, 0.15) is 34.0 Å². The molecule has 1 aromatic heterocycles. The van der Waals surface area contributed by atoms with Crippen LogP contribution in [0.25, 0.3) is 0 Å². The number of benzene rings is 2. The third kappa shape index (κ3) is 5.46. The lowest BCUT2D eigenvalue weighted by atomic mass is 9.92. The van der Waals surface area contributed by atoms with Crippen molar-refractivity contribution in [2.45, 2.75) is 32.0 Å². The number of anilines is 1. The fourth-order valence-corrected chi connectivity index (χ4v) is 4.51.